The normalized spacial score (nSPS) is 10.8. The van der Waals surface area contributed by atoms with E-state index in [0.717, 1.165) is 5.69 Å². The molecular weight excluding hydrogens is 214 g/mol. The summed E-state index contributed by atoms with van der Waals surface area (Å²) in [5, 5.41) is 11.8. The van der Waals surface area contributed by atoms with Crippen molar-refractivity contribution >= 4 is 5.84 Å². The molecule has 0 bridgehead atoms. The predicted molar refractivity (Wildman–Crippen MR) is 66.5 cm³/mol. The van der Waals surface area contributed by atoms with E-state index in [9.17, 15) is 0 Å². The van der Waals surface area contributed by atoms with Crippen LogP contribution in [-0.4, -0.2) is 20.6 Å². The van der Waals surface area contributed by atoms with Gasteiger partial charge in [0.25, 0.3) is 0 Å². The maximum absolute atomic E-state index is 7.35. The molecular formula is C12H15N5. The number of aromatic nitrogens is 3. The van der Waals surface area contributed by atoms with Crippen LogP contribution in [0.25, 0.3) is 5.82 Å². The van der Waals surface area contributed by atoms with Gasteiger partial charge >= 0.3 is 0 Å². The molecule has 0 atom stereocenters. The molecule has 0 aliphatic rings. The van der Waals surface area contributed by atoms with Gasteiger partial charge in [0.15, 0.2) is 5.82 Å². The first-order valence-electron chi connectivity index (χ1n) is 5.45. The Hall–Kier alpha value is -2.17. The Bertz CT molecular complexity index is 541. The second kappa shape index (κ2) is 4.37. The molecule has 88 valence electrons. The van der Waals surface area contributed by atoms with Crippen LogP contribution in [0.2, 0.25) is 0 Å². The number of amidine groups is 1. The first kappa shape index (κ1) is 11.3. The third-order valence-electron chi connectivity index (χ3n) is 2.45. The van der Waals surface area contributed by atoms with E-state index in [4.69, 9.17) is 11.1 Å². The van der Waals surface area contributed by atoms with E-state index in [-0.39, 0.29) is 5.84 Å². The highest BCUT2D eigenvalue weighted by Gasteiger charge is 2.06. The topological polar surface area (TPSA) is 80.6 Å². The van der Waals surface area contributed by atoms with E-state index in [1.807, 2.05) is 24.4 Å². The molecule has 3 N–H and O–H groups in total. The van der Waals surface area contributed by atoms with Crippen LogP contribution in [0, 0.1) is 5.41 Å². The number of nitrogens with one attached hydrogen (secondary N) is 1. The number of nitrogens with two attached hydrogens (primary N) is 1. The highest BCUT2D eigenvalue weighted by Crippen LogP contribution is 2.13. The minimum absolute atomic E-state index is 0.0388. The van der Waals surface area contributed by atoms with E-state index in [2.05, 4.69) is 23.9 Å². The largest absolute Gasteiger partial charge is 0.382 e. The lowest BCUT2D eigenvalue weighted by Crippen LogP contribution is -2.14. The van der Waals surface area contributed by atoms with Crippen LogP contribution in [0.5, 0.6) is 0 Å². The Balaban J connectivity index is 2.38. The van der Waals surface area contributed by atoms with Crippen LogP contribution < -0.4 is 5.73 Å². The summed E-state index contributed by atoms with van der Waals surface area (Å²) in [4.78, 5) is 4.27. The van der Waals surface area contributed by atoms with E-state index in [0.29, 0.717) is 17.4 Å². The fraction of sp³-hybridized carbons (Fsp3) is 0.250. The SMILES string of the molecule is CC(C)c1ccn(-c2cccc(C(=N)N)n2)n1. The fourth-order valence-corrected chi connectivity index (χ4v) is 1.47. The van der Waals surface area contributed by atoms with Crippen molar-refractivity contribution in [2.75, 3.05) is 0 Å². The molecule has 17 heavy (non-hydrogen) atoms. The van der Waals surface area contributed by atoms with E-state index in [1.165, 1.54) is 0 Å². The molecule has 0 radical (unpaired) electrons. The molecule has 0 unspecified atom stereocenters. The molecule has 0 aliphatic carbocycles. The van der Waals surface area contributed by atoms with Gasteiger partial charge in [-0.2, -0.15) is 5.10 Å². The van der Waals surface area contributed by atoms with Gasteiger partial charge in [-0.15, -0.1) is 0 Å². The van der Waals surface area contributed by atoms with Crippen molar-refractivity contribution in [3.8, 4) is 5.82 Å². The minimum atomic E-state index is -0.0388. The lowest BCUT2D eigenvalue weighted by Gasteiger charge is -2.03. The average Bonchev–Trinajstić information content (AvgIpc) is 2.78. The summed E-state index contributed by atoms with van der Waals surface area (Å²) in [6.07, 6.45) is 1.86. The Labute approximate surface area is 99.8 Å². The summed E-state index contributed by atoms with van der Waals surface area (Å²) in [5.74, 6) is 1.01. The Kier molecular flexibility index (Phi) is 2.91. The molecule has 0 aliphatic heterocycles. The average molecular weight is 229 g/mol. The Morgan fingerprint density at radius 3 is 2.71 bits per heavy atom. The molecule has 0 fully saturated rings. The summed E-state index contributed by atoms with van der Waals surface area (Å²) < 4.78 is 1.70. The third-order valence-corrected chi connectivity index (χ3v) is 2.45. The highest BCUT2D eigenvalue weighted by molar-refractivity contribution is 5.93. The summed E-state index contributed by atoms with van der Waals surface area (Å²) >= 11 is 0. The van der Waals surface area contributed by atoms with Gasteiger partial charge in [0.05, 0.1) is 5.69 Å². The molecule has 5 heteroatoms. The van der Waals surface area contributed by atoms with Crippen molar-refractivity contribution in [1.82, 2.24) is 14.8 Å². The fourth-order valence-electron chi connectivity index (χ4n) is 1.47. The maximum atomic E-state index is 7.35. The smallest absolute Gasteiger partial charge is 0.154 e. The van der Waals surface area contributed by atoms with Crippen LogP contribution in [-0.2, 0) is 0 Å². The zero-order valence-corrected chi connectivity index (χ0v) is 9.88. The standard InChI is InChI=1S/C12H15N5/c1-8(2)9-6-7-17(16-9)11-5-3-4-10(15-11)12(13)14/h3-8H,1-2H3,(H3,13,14). The van der Waals surface area contributed by atoms with Gasteiger partial charge in [-0.3, -0.25) is 5.41 Å². The minimum Gasteiger partial charge on any atom is -0.382 e. The van der Waals surface area contributed by atoms with Gasteiger partial charge in [-0.1, -0.05) is 19.9 Å². The molecule has 2 rings (SSSR count). The Morgan fingerprint density at radius 1 is 1.35 bits per heavy atom. The van der Waals surface area contributed by atoms with Crippen molar-refractivity contribution in [2.24, 2.45) is 5.73 Å². The molecule has 0 amide bonds. The van der Waals surface area contributed by atoms with Crippen LogP contribution in [0.1, 0.15) is 31.2 Å². The second-order valence-corrected chi connectivity index (χ2v) is 4.13. The summed E-state index contributed by atoms with van der Waals surface area (Å²) in [6.45, 7) is 4.18. The summed E-state index contributed by atoms with van der Waals surface area (Å²) in [7, 11) is 0. The summed E-state index contributed by atoms with van der Waals surface area (Å²) in [5.41, 5.74) is 6.88. The number of nitrogen functional groups attached to an aromatic ring is 1. The molecule has 5 nitrogen and oxygen atoms in total. The van der Waals surface area contributed by atoms with Gasteiger partial charge in [0.2, 0.25) is 0 Å². The van der Waals surface area contributed by atoms with Crippen LogP contribution in [0.15, 0.2) is 30.5 Å². The molecule has 0 saturated heterocycles. The van der Waals surface area contributed by atoms with Crippen LogP contribution in [0.4, 0.5) is 0 Å². The first-order chi connectivity index (χ1) is 8.08. The van der Waals surface area contributed by atoms with E-state index >= 15 is 0 Å². The van der Waals surface area contributed by atoms with Crippen molar-refractivity contribution in [1.29, 1.82) is 5.41 Å². The first-order valence-corrected chi connectivity index (χ1v) is 5.45. The molecule has 2 aromatic heterocycles. The molecule has 2 aromatic rings. The highest BCUT2D eigenvalue weighted by atomic mass is 15.3. The van der Waals surface area contributed by atoms with Gasteiger partial charge in [0.1, 0.15) is 11.5 Å². The van der Waals surface area contributed by atoms with Crippen LogP contribution >= 0.6 is 0 Å². The van der Waals surface area contributed by atoms with Gasteiger partial charge < -0.3 is 5.73 Å². The predicted octanol–water partition coefficient (Wildman–Crippen LogP) is 1.67. The number of hydrogen-bond acceptors (Lipinski definition) is 3. The van der Waals surface area contributed by atoms with Gasteiger partial charge in [-0.25, -0.2) is 9.67 Å². The number of hydrogen-bond donors (Lipinski definition) is 2. The van der Waals surface area contributed by atoms with Crippen molar-refractivity contribution in [3.63, 3.8) is 0 Å². The quantitative estimate of drug-likeness (QED) is 0.620. The molecule has 0 spiro atoms. The van der Waals surface area contributed by atoms with Crippen molar-refractivity contribution in [2.45, 2.75) is 19.8 Å². The van der Waals surface area contributed by atoms with Gasteiger partial charge in [-0.05, 0) is 24.1 Å². The van der Waals surface area contributed by atoms with Crippen LogP contribution in [0.3, 0.4) is 0 Å². The number of nitrogens with zero attached hydrogens (tertiary/aromatic N) is 3. The molecule has 0 aromatic carbocycles. The summed E-state index contributed by atoms with van der Waals surface area (Å²) in [6, 6.07) is 7.32. The van der Waals surface area contributed by atoms with Gasteiger partial charge in [0, 0.05) is 6.20 Å². The van der Waals surface area contributed by atoms with Crippen molar-refractivity contribution in [3.05, 3.63) is 41.9 Å². The van der Waals surface area contributed by atoms with E-state index < -0.39 is 0 Å². The maximum Gasteiger partial charge on any atom is 0.154 e. The lowest BCUT2D eigenvalue weighted by atomic mass is 10.1. The Morgan fingerprint density at radius 2 is 2.12 bits per heavy atom. The zero-order valence-electron chi connectivity index (χ0n) is 9.88. The number of pyridine rings is 1. The molecule has 0 saturated carbocycles. The van der Waals surface area contributed by atoms with E-state index in [1.54, 1.807) is 10.7 Å². The third kappa shape index (κ3) is 2.33. The monoisotopic (exact) mass is 229 g/mol. The zero-order chi connectivity index (χ0) is 12.4. The van der Waals surface area contributed by atoms with Crippen molar-refractivity contribution < 1.29 is 0 Å². The lowest BCUT2D eigenvalue weighted by molar-refractivity contribution is 0.757. The molecule has 2 heterocycles. The number of rotatable bonds is 3. The second-order valence-electron chi connectivity index (χ2n) is 4.13.